The monoisotopic (exact) mass is 253 g/mol. The summed E-state index contributed by atoms with van der Waals surface area (Å²) in [5.41, 5.74) is -0.217. The number of nitro groups is 1. The van der Waals surface area contributed by atoms with Crippen molar-refractivity contribution in [2.24, 2.45) is 0 Å². The summed E-state index contributed by atoms with van der Waals surface area (Å²) < 4.78 is 4.89. The summed E-state index contributed by atoms with van der Waals surface area (Å²) in [4.78, 5) is 18.2. The van der Waals surface area contributed by atoms with Crippen LogP contribution in [0.4, 0.5) is 11.5 Å². The number of aromatic nitrogens is 2. The van der Waals surface area contributed by atoms with E-state index >= 15 is 0 Å². The molecule has 1 unspecified atom stereocenters. The van der Waals surface area contributed by atoms with Gasteiger partial charge in [-0.25, -0.2) is 4.98 Å². The zero-order valence-corrected chi connectivity index (χ0v) is 10.0. The average Bonchev–Trinajstić information content (AvgIpc) is 2.39. The first-order valence-electron chi connectivity index (χ1n) is 5.73. The zero-order chi connectivity index (χ0) is 13.0. The molecule has 1 fully saturated rings. The highest BCUT2D eigenvalue weighted by Gasteiger charge is 2.26. The van der Waals surface area contributed by atoms with Crippen molar-refractivity contribution < 1.29 is 9.66 Å². The fourth-order valence-electron chi connectivity index (χ4n) is 1.95. The highest BCUT2D eigenvalue weighted by Crippen LogP contribution is 2.31. The molecule has 0 bridgehead atoms. The van der Waals surface area contributed by atoms with Crippen molar-refractivity contribution in [3.05, 3.63) is 16.4 Å². The number of nitrogens with one attached hydrogen (secondary N) is 2. The second-order valence-corrected chi connectivity index (χ2v) is 4.02. The van der Waals surface area contributed by atoms with Crippen LogP contribution in [0.3, 0.4) is 0 Å². The van der Waals surface area contributed by atoms with E-state index in [0.29, 0.717) is 0 Å². The predicted octanol–water partition coefficient (Wildman–Crippen LogP) is 0.557. The Morgan fingerprint density at radius 1 is 1.61 bits per heavy atom. The summed E-state index contributed by atoms with van der Waals surface area (Å²) in [5, 5.41) is 17.3. The molecule has 18 heavy (non-hydrogen) atoms. The molecule has 1 aliphatic rings. The number of rotatable bonds is 4. The lowest BCUT2D eigenvalue weighted by Gasteiger charge is -2.24. The maximum Gasteiger partial charge on any atom is 0.372 e. The van der Waals surface area contributed by atoms with Gasteiger partial charge in [-0.15, -0.1) is 0 Å². The molecule has 1 atom stereocenters. The molecule has 2 rings (SSSR count). The third-order valence-electron chi connectivity index (χ3n) is 2.80. The summed E-state index contributed by atoms with van der Waals surface area (Å²) in [6, 6.07) is 0.136. The first-order chi connectivity index (χ1) is 8.72. The molecule has 0 radical (unpaired) electrons. The molecule has 8 heteroatoms. The Kier molecular flexibility index (Phi) is 3.88. The van der Waals surface area contributed by atoms with Crippen LogP contribution < -0.4 is 15.4 Å². The Balaban J connectivity index is 2.23. The number of methoxy groups -OCH3 is 1. The maximum atomic E-state index is 11.0. The van der Waals surface area contributed by atoms with Crippen LogP contribution in [-0.4, -0.2) is 41.1 Å². The Morgan fingerprint density at radius 3 is 3.06 bits per heavy atom. The summed E-state index contributed by atoms with van der Waals surface area (Å²) in [6.07, 6.45) is 3.24. The minimum Gasteiger partial charge on any atom is -0.476 e. The van der Waals surface area contributed by atoms with Gasteiger partial charge in [0.05, 0.1) is 12.0 Å². The van der Waals surface area contributed by atoms with Gasteiger partial charge in [-0.05, 0) is 19.4 Å². The average molecular weight is 253 g/mol. The topological polar surface area (TPSA) is 102 Å². The van der Waals surface area contributed by atoms with Crippen LogP contribution in [0.1, 0.15) is 12.8 Å². The van der Waals surface area contributed by atoms with Crippen molar-refractivity contribution in [3.63, 3.8) is 0 Å². The maximum absolute atomic E-state index is 11.0. The molecular formula is C10H15N5O3. The number of hydrogen-bond acceptors (Lipinski definition) is 7. The SMILES string of the molecule is COc1ncnc(NC2CCCNC2)c1[N+](=O)[O-]. The number of anilines is 1. The van der Waals surface area contributed by atoms with E-state index in [1.807, 2.05) is 0 Å². The Bertz CT molecular complexity index is 434. The highest BCUT2D eigenvalue weighted by molar-refractivity contribution is 5.61. The van der Waals surface area contributed by atoms with Gasteiger partial charge in [0, 0.05) is 12.6 Å². The van der Waals surface area contributed by atoms with Gasteiger partial charge in [0.2, 0.25) is 5.82 Å². The van der Waals surface area contributed by atoms with Gasteiger partial charge in [0.25, 0.3) is 5.88 Å². The molecule has 2 N–H and O–H groups in total. The Hall–Kier alpha value is -1.96. The molecule has 1 aromatic heterocycles. The zero-order valence-electron chi connectivity index (χ0n) is 10.0. The van der Waals surface area contributed by atoms with Crippen LogP contribution in [0, 0.1) is 10.1 Å². The van der Waals surface area contributed by atoms with E-state index in [0.717, 1.165) is 25.9 Å². The fourth-order valence-corrected chi connectivity index (χ4v) is 1.95. The second-order valence-electron chi connectivity index (χ2n) is 4.02. The first kappa shape index (κ1) is 12.5. The van der Waals surface area contributed by atoms with Gasteiger partial charge >= 0.3 is 5.69 Å². The largest absolute Gasteiger partial charge is 0.476 e. The summed E-state index contributed by atoms with van der Waals surface area (Å²) in [7, 11) is 1.35. The van der Waals surface area contributed by atoms with Crippen molar-refractivity contribution in [1.82, 2.24) is 15.3 Å². The van der Waals surface area contributed by atoms with Crippen molar-refractivity contribution >= 4 is 11.5 Å². The van der Waals surface area contributed by atoms with Crippen LogP contribution in [0.25, 0.3) is 0 Å². The second kappa shape index (κ2) is 5.58. The van der Waals surface area contributed by atoms with Gasteiger partial charge < -0.3 is 15.4 Å². The van der Waals surface area contributed by atoms with Crippen LogP contribution >= 0.6 is 0 Å². The minimum absolute atomic E-state index is 0.0266. The molecule has 1 aromatic rings. The number of piperidine rings is 1. The molecule has 1 saturated heterocycles. The van der Waals surface area contributed by atoms with Crippen LogP contribution in [0.5, 0.6) is 5.88 Å². The lowest BCUT2D eigenvalue weighted by molar-refractivity contribution is -0.385. The van der Waals surface area contributed by atoms with E-state index in [1.54, 1.807) is 0 Å². The van der Waals surface area contributed by atoms with Gasteiger partial charge in [0.1, 0.15) is 6.33 Å². The highest BCUT2D eigenvalue weighted by atomic mass is 16.6. The van der Waals surface area contributed by atoms with Gasteiger partial charge in [0.15, 0.2) is 0 Å². The third kappa shape index (κ3) is 2.65. The lowest BCUT2D eigenvalue weighted by Crippen LogP contribution is -2.38. The number of hydrogen-bond donors (Lipinski definition) is 2. The normalized spacial score (nSPS) is 19.3. The Labute approximate surface area is 104 Å². The van der Waals surface area contributed by atoms with E-state index < -0.39 is 4.92 Å². The van der Waals surface area contributed by atoms with Gasteiger partial charge in [-0.2, -0.15) is 4.98 Å². The summed E-state index contributed by atoms with van der Waals surface area (Å²) in [6.45, 7) is 1.75. The molecule has 0 aromatic carbocycles. The standard InChI is InChI=1S/C10H15N5O3/c1-18-10-8(15(16)17)9(12-6-13-10)14-7-3-2-4-11-5-7/h6-7,11H,2-5H2,1H3,(H,12,13,14). The predicted molar refractivity (Wildman–Crippen MR) is 64.8 cm³/mol. The minimum atomic E-state index is -0.530. The van der Waals surface area contributed by atoms with Crippen LogP contribution in [-0.2, 0) is 0 Å². The van der Waals surface area contributed by atoms with Crippen molar-refractivity contribution in [2.75, 3.05) is 25.5 Å². The van der Waals surface area contributed by atoms with E-state index in [4.69, 9.17) is 4.74 Å². The number of nitrogens with zero attached hydrogens (tertiary/aromatic N) is 3. The Morgan fingerprint density at radius 2 is 2.44 bits per heavy atom. The third-order valence-corrected chi connectivity index (χ3v) is 2.80. The molecular weight excluding hydrogens is 238 g/mol. The van der Waals surface area contributed by atoms with Crippen molar-refractivity contribution in [1.29, 1.82) is 0 Å². The molecule has 1 aliphatic heterocycles. The smallest absolute Gasteiger partial charge is 0.372 e. The van der Waals surface area contributed by atoms with E-state index in [9.17, 15) is 10.1 Å². The molecule has 2 heterocycles. The van der Waals surface area contributed by atoms with Crippen molar-refractivity contribution in [2.45, 2.75) is 18.9 Å². The van der Waals surface area contributed by atoms with Crippen LogP contribution in [0.15, 0.2) is 6.33 Å². The molecule has 0 amide bonds. The van der Waals surface area contributed by atoms with E-state index in [2.05, 4.69) is 20.6 Å². The van der Waals surface area contributed by atoms with Gasteiger partial charge in [-0.1, -0.05) is 0 Å². The summed E-state index contributed by atoms with van der Waals surface area (Å²) >= 11 is 0. The quantitative estimate of drug-likeness (QED) is 0.597. The molecule has 0 aliphatic carbocycles. The molecule has 8 nitrogen and oxygen atoms in total. The molecule has 0 spiro atoms. The van der Waals surface area contributed by atoms with Crippen LogP contribution in [0.2, 0.25) is 0 Å². The molecule has 98 valence electrons. The molecule has 0 saturated carbocycles. The van der Waals surface area contributed by atoms with E-state index in [-0.39, 0.29) is 23.4 Å². The van der Waals surface area contributed by atoms with Gasteiger partial charge in [-0.3, -0.25) is 10.1 Å². The van der Waals surface area contributed by atoms with Crippen molar-refractivity contribution in [3.8, 4) is 5.88 Å². The lowest BCUT2D eigenvalue weighted by atomic mass is 10.1. The number of ether oxygens (including phenoxy) is 1. The van der Waals surface area contributed by atoms with E-state index in [1.165, 1.54) is 13.4 Å². The summed E-state index contributed by atoms with van der Waals surface area (Å²) in [5.74, 6) is 0.182. The fraction of sp³-hybridized carbons (Fsp3) is 0.600. The first-order valence-corrected chi connectivity index (χ1v) is 5.73.